The highest BCUT2D eigenvalue weighted by atomic mass is 16.5. The van der Waals surface area contributed by atoms with E-state index in [1.807, 2.05) is 43.4 Å². The lowest BCUT2D eigenvalue weighted by Crippen LogP contribution is -2.45. The van der Waals surface area contributed by atoms with Crippen LogP contribution in [0.2, 0.25) is 0 Å². The average molecular weight is 504 g/mol. The van der Waals surface area contributed by atoms with Gasteiger partial charge in [0.1, 0.15) is 22.6 Å². The third-order valence-corrected chi connectivity index (χ3v) is 6.43. The molecule has 2 aliphatic rings. The van der Waals surface area contributed by atoms with Crippen molar-refractivity contribution in [2.24, 2.45) is 0 Å². The Morgan fingerprint density at radius 2 is 1.97 bits per heavy atom. The normalized spacial score (nSPS) is 18.7. The van der Waals surface area contributed by atoms with Crippen LogP contribution in [0.3, 0.4) is 0 Å². The molecule has 37 heavy (non-hydrogen) atoms. The van der Waals surface area contributed by atoms with Crippen LogP contribution in [0, 0.1) is 0 Å². The summed E-state index contributed by atoms with van der Waals surface area (Å²) < 4.78 is 16.0. The fourth-order valence-electron chi connectivity index (χ4n) is 4.35. The van der Waals surface area contributed by atoms with Crippen molar-refractivity contribution >= 4 is 28.8 Å². The fraction of sp³-hybridized carbons (Fsp3) is 0.269. The number of urea groups is 1. The van der Waals surface area contributed by atoms with Gasteiger partial charge in [0, 0.05) is 36.5 Å². The summed E-state index contributed by atoms with van der Waals surface area (Å²) in [5.41, 5.74) is 2.27. The summed E-state index contributed by atoms with van der Waals surface area (Å²) in [5.74, 6) is 1.47. The number of likely N-dealkylation sites (N-methyl/N-ethyl adjacent to an activating group) is 1. The van der Waals surface area contributed by atoms with Gasteiger partial charge in [0.25, 0.3) is 11.8 Å². The molecular weight excluding hydrogens is 478 g/mol. The first-order chi connectivity index (χ1) is 17.8. The highest BCUT2D eigenvalue weighted by Crippen LogP contribution is 2.28. The van der Waals surface area contributed by atoms with Crippen molar-refractivity contribution in [3.05, 3.63) is 65.7 Å². The van der Waals surface area contributed by atoms with Gasteiger partial charge >= 0.3 is 6.03 Å². The van der Waals surface area contributed by atoms with Crippen molar-refractivity contribution in [3.8, 4) is 17.2 Å². The standard InChI is InChI=1S/C15H12N4O4.C11H13NO2/c1-15(13(20)17-14(21)18-15)6-10-4-8-2-3-9(5-11(8)23-10)12-19-16-7-22-12;1-12-6-5-8-3-4-9(14-2)7-10(8)11(12)13/h2-5,7H,6H2,1H3,(H2,17,18,20,21);3-4,7H,5-6H2,1-2H3. The number of rotatable bonds is 4. The molecule has 0 aliphatic carbocycles. The predicted molar refractivity (Wildman–Crippen MR) is 132 cm³/mol. The summed E-state index contributed by atoms with van der Waals surface area (Å²) in [5, 5.41) is 13.2. The molecule has 2 aliphatic heterocycles. The zero-order chi connectivity index (χ0) is 26.2. The second kappa shape index (κ2) is 9.41. The summed E-state index contributed by atoms with van der Waals surface area (Å²) in [7, 11) is 3.43. The van der Waals surface area contributed by atoms with Crippen LogP contribution in [0.1, 0.15) is 28.6 Å². The first-order valence-corrected chi connectivity index (χ1v) is 11.6. The minimum Gasteiger partial charge on any atom is -0.497 e. The Morgan fingerprint density at radius 3 is 2.68 bits per heavy atom. The van der Waals surface area contributed by atoms with Crippen LogP contribution in [0.15, 0.2) is 57.7 Å². The van der Waals surface area contributed by atoms with Gasteiger partial charge in [-0.05, 0) is 49.2 Å². The van der Waals surface area contributed by atoms with E-state index >= 15 is 0 Å². The van der Waals surface area contributed by atoms with E-state index in [-0.39, 0.29) is 18.2 Å². The minimum atomic E-state index is -1.01. The molecule has 4 heterocycles. The maximum Gasteiger partial charge on any atom is 0.322 e. The molecule has 0 bridgehead atoms. The van der Waals surface area contributed by atoms with Crippen molar-refractivity contribution in [3.63, 3.8) is 0 Å². The van der Waals surface area contributed by atoms with Gasteiger partial charge in [-0.15, -0.1) is 10.2 Å². The van der Waals surface area contributed by atoms with Gasteiger partial charge in [0.15, 0.2) is 0 Å². The van der Waals surface area contributed by atoms with Gasteiger partial charge in [-0.1, -0.05) is 12.1 Å². The summed E-state index contributed by atoms with van der Waals surface area (Å²) in [6.45, 7) is 2.46. The van der Waals surface area contributed by atoms with E-state index in [1.54, 1.807) is 25.0 Å². The van der Waals surface area contributed by atoms with E-state index in [1.165, 1.54) is 6.39 Å². The van der Waals surface area contributed by atoms with Crippen molar-refractivity contribution in [1.29, 1.82) is 0 Å². The van der Waals surface area contributed by atoms with Crippen LogP contribution in [-0.2, 0) is 17.6 Å². The van der Waals surface area contributed by atoms with Crippen LogP contribution >= 0.6 is 0 Å². The third-order valence-electron chi connectivity index (χ3n) is 6.43. The molecule has 6 rings (SSSR count). The Kier molecular flexibility index (Phi) is 6.12. The lowest BCUT2D eigenvalue weighted by Gasteiger charge is -2.24. The van der Waals surface area contributed by atoms with E-state index in [0.29, 0.717) is 17.2 Å². The van der Waals surface area contributed by atoms with Gasteiger partial charge in [0.05, 0.1) is 7.11 Å². The van der Waals surface area contributed by atoms with Gasteiger partial charge in [-0.2, -0.15) is 0 Å². The van der Waals surface area contributed by atoms with E-state index in [0.717, 1.165) is 40.8 Å². The van der Waals surface area contributed by atoms with Crippen LogP contribution in [0.4, 0.5) is 4.79 Å². The SMILES string of the molecule is CC1(Cc2cc3ccc(-c4nnco4)cc3o2)NC(=O)NC1=O.COc1ccc2c(c1)C(=O)N(C)CC2. The van der Waals surface area contributed by atoms with Crippen molar-refractivity contribution in [2.45, 2.75) is 25.3 Å². The first-order valence-electron chi connectivity index (χ1n) is 11.6. The number of hydrogen-bond donors (Lipinski definition) is 2. The minimum absolute atomic E-state index is 0.0881. The largest absolute Gasteiger partial charge is 0.497 e. The van der Waals surface area contributed by atoms with Crippen LogP contribution < -0.4 is 15.4 Å². The van der Waals surface area contributed by atoms with Crippen LogP contribution in [-0.4, -0.2) is 59.2 Å². The number of carbonyl (C=O) groups is 3. The molecule has 1 atom stereocenters. The van der Waals surface area contributed by atoms with Crippen LogP contribution in [0.5, 0.6) is 5.75 Å². The highest BCUT2D eigenvalue weighted by molar-refractivity contribution is 6.06. The Balaban J connectivity index is 0.000000171. The summed E-state index contributed by atoms with van der Waals surface area (Å²) >= 11 is 0. The zero-order valence-electron chi connectivity index (χ0n) is 20.5. The van der Waals surface area contributed by atoms with Gasteiger partial charge < -0.3 is 23.8 Å². The molecule has 0 spiro atoms. The Labute approximate surface area is 211 Å². The average Bonchev–Trinajstić information content (AvgIpc) is 3.60. The topological polar surface area (TPSA) is 140 Å². The summed E-state index contributed by atoms with van der Waals surface area (Å²) in [6, 6.07) is 12.5. The quantitative estimate of drug-likeness (QED) is 0.405. The van der Waals surface area contributed by atoms with Gasteiger partial charge in [0.2, 0.25) is 12.3 Å². The molecule has 190 valence electrons. The fourth-order valence-corrected chi connectivity index (χ4v) is 4.35. The molecule has 11 heteroatoms. The van der Waals surface area contributed by atoms with E-state index < -0.39 is 11.6 Å². The number of amides is 4. The van der Waals surface area contributed by atoms with Crippen molar-refractivity contribution in [2.75, 3.05) is 20.7 Å². The first kappa shape index (κ1) is 24.0. The number of aromatic nitrogens is 2. The molecule has 4 amide bonds. The van der Waals surface area contributed by atoms with Crippen molar-refractivity contribution in [1.82, 2.24) is 25.7 Å². The molecule has 2 aromatic carbocycles. The molecule has 1 unspecified atom stereocenters. The molecule has 0 saturated carbocycles. The monoisotopic (exact) mass is 503 g/mol. The molecule has 0 radical (unpaired) electrons. The smallest absolute Gasteiger partial charge is 0.322 e. The van der Waals surface area contributed by atoms with Crippen LogP contribution in [0.25, 0.3) is 22.4 Å². The number of carbonyl (C=O) groups excluding carboxylic acids is 3. The van der Waals surface area contributed by atoms with Gasteiger partial charge in [-0.3, -0.25) is 14.9 Å². The number of hydrogen-bond acceptors (Lipinski definition) is 8. The lowest BCUT2D eigenvalue weighted by molar-refractivity contribution is -0.123. The van der Waals surface area contributed by atoms with E-state index in [2.05, 4.69) is 20.8 Å². The Morgan fingerprint density at radius 1 is 1.14 bits per heavy atom. The highest BCUT2D eigenvalue weighted by Gasteiger charge is 2.42. The lowest BCUT2D eigenvalue weighted by atomic mass is 9.97. The number of methoxy groups -OCH3 is 1. The number of fused-ring (bicyclic) bond motifs is 2. The molecular formula is C26H25N5O6. The van der Waals surface area contributed by atoms with E-state index in [9.17, 15) is 14.4 Å². The van der Waals surface area contributed by atoms with Gasteiger partial charge in [-0.25, -0.2) is 4.79 Å². The molecule has 11 nitrogen and oxygen atoms in total. The third kappa shape index (κ3) is 4.75. The second-order valence-corrected chi connectivity index (χ2v) is 9.13. The maximum atomic E-state index is 11.9. The summed E-state index contributed by atoms with van der Waals surface area (Å²) in [4.78, 5) is 36.7. The molecule has 2 N–H and O–H groups in total. The number of nitrogens with zero attached hydrogens (tertiary/aromatic N) is 3. The second-order valence-electron chi connectivity index (χ2n) is 9.13. The van der Waals surface area contributed by atoms with E-state index in [4.69, 9.17) is 13.6 Å². The molecule has 2 aromatic heterocycles. The Bertz CT molecular complexity index is 1490. The number of benzene rings is 2. The molecule has 4 aromatic rings. The number of ether oxygens (including phenoxy) is 1. The number of nitrogens with one attached hydrogen (secondary N) is 2. The number of imide groups is 1. The van der Waals surface area contributed by atoms with Crippen molar-refractivity contribution < 1.29 is 28.0 Å². The zero-order valence-corrected chi connectivity index (χ0v) is 20.5. The Hall–Kier alpha value is -4.67. The molecule has 1 saturated heterocycles. The molecule has 1 fully saturated rings. The predicted octanol–water partition coefficient (Wildman–Crippen LogP) is 2.95. The maximum absolute atomic E-state index is 11.9. The summed E-state index contributed by atoms with van der Waals surface area (Å²) in [6.07, 6.45) is 2.45. The number of furan rings is 1.